The number of nitriles is 1. The van der Waals surface area contributed by atoms with Gasteiger partial charge in [-0.1, -0.05) is 13.8 Å². The van der Waals surface area contributed by atoms with Gasteiger partial charge >= 0.3 is 5.97 Å². The van der Waals surface area contributed by atoms with Crippen LogP contribution in [0.25, 0.3) is 0 Å². The van der Waals surface area contributed by atoms with Crippen molar-refractivity contribution in [3.63, 3.8) is 0 Å². The number of rotatable bonds is 4. The Bertz CT molecular complexity index is 198. The van der Waals surface area contributed by atoms with Gasteiger partial charge in [0, 0.05) is 0 Å². The monoisotopic (exact) mass is 187 g/mol. The maximum atomic E-state index is 10.7. The third-order valence-corrected chi connectivity index (χ3v) is 2.93. The average molecular weight is 187 g/mol. The molecule has 0 amide bonds. The molecule has 0 aromatic carbocycles. The van der Waals surface area contributed by atoms with Crippen LogP contribution in [-0.2, 0) is 4.79 Å². The molecular weight excluding hydrogens is 174 g/mol. The van der Waals surface area contributed by atoms with Gasteiger partial charge in [0.2, 0.25) is 0 Å². The molecule has 1 N–H and O–H groups in total. The smallest absolute Gasteiger partial charge is 0.316 e. The standard InChI is InChI=1S/C8H13NO2S/c1-5(2)7(8(10)11)12-6(3)4-9/h5-7H,1-3H3,(H,10,11). The van der Waals surface area contributed by atoms with E-state index < -0.39 is 11.2 Å². The summed E-state index contributed by atoms with van der Waals surface area (Å²) in [7, 11) is 0. The van der Waals surface area contributed by atoms with E-state index in [-0.39, 0.29) is 11.2 Å². The molecule has 68 valence electrons. The van der Waals surface area contributed by atoms with Gasteiger partial charge in [-0.3, -0.25) is 4.79 Å². The Morgan fingerprint density at radius 1 is 1.50 bits per heavy atom. The highest BCUT2D eigenvalue weighted by molar-refractivity contribution is 8.01. The van der Waals surface area contributed by atoms with Gasteiger partial charge < -0.3 is 5.11 Å². The number of carboxylic acid groups (broad SMARTS) is 1. The number of hydrogen-bond acceptors (Lipinski definition) is 3. The summed E-state index contributed by atoms with van der Waals surface area (Å²) < 4.78 is 0. The molecule has 0 aliphatic rings. The van der Waals surface area contributed by atoms with Crippen molar-refractivity contribution < 1.29 is 9.90 Å². The van der Waals surface area contributed by atoms with Crippen LogP contribution >= 0.6 is 11.8 Å². The Morgan fingerprint density at radius 2 is 2.00 bits per heavy atom. The van der Waals surface area contributed by atoms with Crippen molar-refractivity contribution in [3.05, 3.63) is 0 Å². The van der Waals surface area contributed by atoms with Crippen LogP contribution in [0.15, 0.2) is 0 Å². The van der Waals surface area contributed by atoms with Crippen LogP contribution in [0.4, 0.5) is 0 Å². The van der Waals surface area contributed by atoms with E-state index in [0.717, 1.165) is 0 Å². The highest BCUT2D eigenvalue weighted by Gasteiger charge is 2.24. The molecule has 0 aliphatic heterocycles. The van der Waals surface area contributed by atoms with Crippen molar-refractivity contribution in [2.75, 3.05) is 0 Å². The maximum absolute atomic E-state index is 10.7. The lowest BCUT2D eigenvalue weighted by Crippen LogP contribution is -2.24. The predicted octanol–water partition coefficient (Wildman–Crippen LogP) is 1.74. The van der Waals surface area contributed by atoms with E-state index in [0.29, 0.717) is 0 Å². The molecule has 0 aliphatic carbocycles. The lowest BCUT2D eigenvalue weighted by atomic mass is 10.1. The third kappa shape index (κ3) is 3.63. The number of thioether (sulfide) groups is 1. The number of hydrogen-bond donors (Lipinski definition) is 1. The molecule has 0 saturated heterocycles. The molecule has 0 rings (SSSR count). The first kappa shape index (κ1) is 11.3. The molecule has 0 fully saturated rings. The molecule has 0 saturated carbocycles. The first-order chi connectivity index (χ1) is 5.49. The molecule has 2 unspecified atom stereocenters. The molecule has 3 nitrogen and oxygen atoms in total. The van der Waals surface area contributed by atoms with Crippen LogP contribution in [0, 0.1) is 17.2 Å². The van der Waals surface area contributed by atoms with Crippen LogP contribution in [0.5, 0.6) is 0 Å². The van der Waals surface area contributed by atoms with Crippen LogP contribution in [-0.4, -0.2) is 21.6 Å². The van der Waals surface area contributed by atoms with E-state index in [4.69, 9.17) is 10.4 Å². The average Bonchev–Trinajstić information content (AvgIpc) is 1.98. The fourth-order valence-corrected chi connectivity index (χ4v) is 1.68. The Morgan fingerprint density at radius 3 is 2.25 bits per heavy atom. The van der Waals surface area contributed by atoms with Crippen LogP contribution in [0.1, 0.15) is 20.8 Å². The van der Waals surface area contributed by atoms with E-state index >= 15 is 0 Å². The van der Waals surface area contributed by atoms with E-state index in [1.54, 1.807) is 6.92 Å². The van der Waals surface area contributed by atoms with Gasteiger partial charge in [0.25, 0.3) is 0 Å². The molecule has 0 bridgehead atoms. The second kappa shape index (κ2) is 5.04. The van der Waals surface area contributed by atoms with Gasteiger partial charge in [0.05, 0.1) is 11.3 Å². The van der Waals surface area contributed by atoms with E-state index in [1.165, 1.54) is 11.8 Å². The molecule has 0 aromatic rings. The van der Waals surface area contributed by atoms with Gasteiger partial charge in [-0.2, -0.15) is 5.26 Å². The lowest BCUT2D eigenvalue weighted by molar-refractivity contribution is -0.137. The van der Waals surface area contributed by atoms with Crippen molar-refractivity contribution in [1.82, 2.24) is 0 Å². The molecule has 0 spiro atoms. The number of nitrogens with zero attached hydrogens (tertiary/aromatic N) is 1. The second-order valence-corrected chi connectivity index (χ2v) is 4.40. The predicted molar refractivity (Wildman–Crippen MR) is 48.9 cm³/mol. The fraction of sp³-hybridized carbons (Fsp3) is 0.750. The number of aliphatic carboxylic acids is 1. The summed E-state index contributed by atoms with van der Waals surface area (Å²) in [5.74, 6) is -0.777. The first-order valence-electron chi connectivity index (χ1n) is 3.77. The Labute approximate surface area is 76.8 Å². The van der Waals surface area contributed by atoms with Crippen LogP contribution < -0.4 is 0 Å². The van der Waals surface area contributed by atoms with Crippen molar-refractivity contribution >= 4 is 17.7 Å². The summed E-state index contributed by atoms with van der Waals surface area (Å²) >= 11 is 1.20. The Hall–Kier alpha value is -0.690. The minimum atomic E-state index is -0.836. The highest BCUT2D eigenvalue weighted by atomic mass is 32.2. The largest absolute Gasteiger partial charge is 0.480 e. The number of carboxylic acids is 1. The van der Waals surface area contributed by atoms with Crippen LogP contribution in [0.3, 0.4) is 0 Å². The van der Waals surface area contributed by atoms with E-state index in [2.05, 4.69) is 0 Å². The van der Waals surface area contributed by atoms with Gasteiger partial charge in [0.15, 0.2) is 0 Å². The minimum Gasteiger partial charge on any atom is -0.480 e. The molecule has 2 atom stereocenters. The van der Waals surface area contributed by atoms with Crippen molar-refractivity contribution in [2.24, 2.45) is 5.92 Å². The summed E-state index contributed by atoms with van der Waals surface area (Å²) in [6.45, 7) is 5.40. The molecule has 0 aromatic heterocycles. The van der Waals surface area contributed by atoms with Crippen molar-refractivity contribution in [1.29, 1.82) is 5.26 Å². The molecular formula is C8H13NO2S. The summed E-state index contributed by atoms with van der Waals surface area (Å²) in [5.41, 5.74) is 0. The quantitative estimate of drug-likeness (QED) is 0.728. The molecule has 12 heavy (non-hydrogen) atoms. The zero-order valence-corrected chi connectivity index (χ0v) is 8.26. The summed E-state index contributed by atoms with van der Waals surface area (Å²) in [6, 6.07) is 2.00. The zero-order valence-electron chi connectivity index (χ0n) is 7.44. The van der Waals surface area contributed by atoms with Gasteiger partial charge in [-0.25, -0.2) is 0 Å². The Kier molecular flexibility index (Phi) is 4.75. The summed E-state index contributed by atoms with van der Waals surface area (Å²) in [5, 5.41) is 16.5. The van der Waals surface area contributed by atoms with Crippen molar-refractivity contribution in [2.45, 2.75) is 31.3 Å². The second-order valence-electron chi connectivity index (χ2n) is 2.91. The topological polar surface area (TPSA) is 61.1 Å². The molecule has 0 radical (unpaired) electrons. The maximum Gasteiger partial charge on any atom is 0.316 e. The fourth-order valence-electron chi connectivity index (χ4n) is 0.751. The SMILES string of the molecule is CC(C#N)SC(C(=O)O)C(C)C. The highest BCUT2D eigenvalue weighted by Crippen LogP contribution is 2.23. The number of carbonyl (C=O) groups is 1. The van der Waals surface area contributed by atoms with E-state index in [1.807, 2.05) is 19.9 Å². The molecule has 4 heteroatoms. The van der Waals surface area contributed by atoms with Crippen LogP contribution in [0.2, 0.25) is 0 Å². The zero-order chi connectivity index (χ0) is 9.72. The normalized spacial score (nSPS) is 15.2. The van der Waals surface area contributed by atoms with E-state index in [9.17, 15) is 4.79 Å². The van der Waals surface area contributed by atoms with Gasteiger partial charge in [-0.15, -0.1) is 11.8 Å². The van der Waals surface area contributed by atoms with Gasteiger partial charge in [-0.05, 0) is 12.8 Å². The minimum absolute atomic E-state index is 0.0586. The Balaban J connectivity index is 4.16. The molecule has 0 heterocycles. The first-order valence-corrected chi connectivity index (χ1v) is 4.71. The lowest BCUT2D eigenvalue weighted by Gasteiger charge is -2.16. The van der Waals surface area contributed by atoms with Crippen molar-refractivity contribution in [3.8, 4) is 6.07 Å². The third-order valence-electron chi connectivity index (χ3n) is 1.38. The summed E-state index contributed by atoms with van der Waals surface area (Å²) in [6.07, 6.45) is 0. The van der Waals surface area contributed by atoms with Gasteiger partial charge in [0.1, 0.15) is 5.25 Å². The summed E-state index contributed by atoms with van der Waals surface area (Å²) in [4.78, 5) is 10.7.